The lowest BCUT2D eigenvalue weighted by Gasteiger charge is -2.27. The summed E-state index contributed by atoms with van der Waals surface area (Å²) in [6.45, 7) is 18.0. The molecule has 0 saturated carbocycles. The summed E-state index contributed by atoms with van der Waals surface area (Å²) in [5.41, 5.74) is 14.4. The van der Waals surface area contributed by atoms with Crippen LogP contribution < -0.4 is 0 Å². The molecule has 0 bridgehead atoms. The number of aryl methyl sites for hydroxylation is 2. The minimum absolute atomic E-state index is 0.304. The van der Waals surface area contributed by atoms with Crippen molar-refractivity contribution in [2.24, 2.45) is 0 Å². The third-order valence-corrected chi connectivity index (χ3v) is 11.6. The Balaban J connectivity index is 1.23. The van der Waals surface area contributed by atoms with E-state index in [1.54, 1.807) is 0 Å². The first-order valence-corrected chi connectivity index (χ1v) is 19.6. The molecule has 9 rings (SSSR count). The van der Waals surface area contributed by atoms with Gasteiger partial charge in [-0.25, -0.2) is 9.97 Å². The van der Waals surface area contributed by atoms with E-state index in [0.29, 0.717) is 11.8 Å². The van der Waals surface area contributed by atoms with Crippen molar-refractivity contribution in [1.29, 1.82) is 0 Å². The van der Waals surface area contributed by atoms with Gasteiger partial charge in [0, 0.05) is 22.7 Å². The predicted octanol–water partition coefficient (Wildman–Crippen LogP) is 11.9. The number of aromatic nitrogens is 7. The molecule has 0 fully saturated rings. The number of pyridine rings is 1. The molecule has 0 atom stereocenters. The Kier molecular flexibility index (Phi) is 8.49. The summed E-state index contributed by atoms with van der Waals surface area (Å²) in [6, 6.07) is 43.3. The molecule has 0 saturated heterocycles. The van der Waals surface area contributed by atoms with Gasteiger partial charge in [-0.3, -0.25) is 13.5 Å². The molecule has 7 heteroatoms. The van der Waals surface area contributed by atoms with E-state index in [1.807, 2.05) is 18.3 Å². The Morgan fingerprint density at radius 3 is 1.98 bits per heavy atom. The van der Waals surface area contributed by atoms with Crippen LogP contribution in [0.3, 0.4) is 0 Å². The molecule has 56 heavy (non-hydrogen) atoms. The molecule has 4 aromatic heterocycles. The summed E-state index contributed by atoms with van der Waals surface area (Å²) >= 11 is 0. The van der Waals surface area contributed by atoms with Gasteiger partial charge in [-0.05, 0) is 95.5 Å². The summed E-state index contributed by atoms with van der Waals surface area (Å²) in [4.78, 5) is 9.99. The van der Waals surface area contributed by atoms with Crippen molar-refractivity contribution < 1.29 is 0 Å². The van der Waals surface area contributed by atoms with Crippen LogP contribution in [-0.2, 0) is 5.41 Å². The maximum Gasteiger partial charge on any atom is 0.221 e. The summed E-state index contributed by atoms with van der Waals surface area (Å²) in [5.74, 6) is 3.98. The number of imidazole rings is 2. The summed E-state index contributed by atoms with van der Waals surface area (Å²) < 4.78 is 6.79. The van der Waals surface area contributed by atoms with Crippen LogP contribution in [0.4, 0.5) is 0 Å². The quantitative estimate of drug-likeness (QED) is 0.156. The van der Waals surface area contributed by atoms with Crippen LogP contribution in [0.2, 0.25) is 0 Å². The van der Waals surface area contributed by atoms with Gasteiger partial charge >= 0.3 is 0 Å². The maximum absolute atomic E-state index is 5.19. The molecule has 0 aliphatic carbocycles. The fraction of sp³-hybridized carbons (Fsp3) is 0.224. The van der Waals surface area contributed by atoms with Crippen molar-refractivity contribution in [1.82, 2.24) is 33.7 Å². The number of rotatable bonds is 8. The molecule has 0 spiro atoms. The molecular formula is C49H47N7. The largest absolute Gasteiger partial charge is 0.276 e. The molecule has 0 unspecified atom stereocenters. The van der Waals surface area contributed by atoms with E-state index in [0.717, 1.165) is 67.6 Å². The molecule has 7 nitrogen and oxygen atoms in total. The number of benzene rings is 5. The lowest BCUT2D eigenvalue weighted by atomic mass is 9.77. The molecule has 5 aromatic carbocycles. The first-order valence-electron chi connectivity index (χ1n) is 19.6. The van der Waals surface area contributed by atoms with E-state index in [4.69, 9.17) is 20.2 Å². The van der Waals surface area contributed by atoms with Gasteiger partial charge in [0.25, 0.3) is 0 Å². The van der Waals surface area contributed by atoms with Gasteiger partial charge in [0.1, 0.15) is 5.82 Å². The van der Waals surface area contributed by atoms with Gasteiger partial charge in [-0.1, -0.05) is 126 Å². The SMILES string of the molecule is Cc1ccccc1-c1nnc(-c2cccc(C(C)(C)c3ccc4c(c3)n(-c3ccccn3)c3nc5c(C)cccc5n43)c2)n1-c1c(C(C)C)cccc1C(C)C. The molecular weight excluding hydrogens is 687 g/mol. The van der Waals surface area contributed by atoms with Gasteiger partial charge in [-0.15, -0.1) is 10.2 Å². The van der Waals surface area contributed by atoms with Crippen LogP contribution in [0.15, 0.2) is 128 Å². The average Bonchev–Trinajstić information content (AvgIpc) is 3.90. The number of hydrogen-bond acceptors (Lipinski definition) is 4. The molecule has 0 radical (unpaired) electrons. The smallest absolute Gasteiger partial charge is 0.221 e. The maximum atomic E-state index is 5.19. The van der Waals surface area contributed by atoms with Crippen molar-refractivity contribution in [2.45, 2.75) is 72.6 Å². The average molecular weight is 734 g/mol. The van der Waals surface area contributed by atoms with Gasteiger partial charge < -0.3 is 0 Å². The molecule has 278 valence electrons. The molecule has 4 heterocycles. The Morgan fingerprint density at radius 1 is 0.571 bits per heavy atom. The Bertz CT molecular complexity index is 2890. The monoisotopic (exact) mass is 733 g/mol. The zero-order chi connectivity index (χ0) is 38.9. The summed E-state index contributed by atoms with van der Waals surface area (Å²) in [6.07, 6.45) is 1.85. The first-order chi connectivity index (χ1) is 27.0. The second kappa shape index (κ2) is 13.4. The van der Waals surface area contributed by atoms with Gasteiger partial charge in [0.2, 0.25) is 5.78 Å². The van der Waals surface area contributed by atoms with Crippen LogP contribution in [-0.4, -0.2) is 33.7 Å². The fourth-order valence-corrected chi connectivity index (χ4v) is 8.38. The number of nitrogens with zero attached hydrogens (tertiary/aromatic N) is 7. The highest BCUT2D eigenvalue weighted by molar-refractivity contribution is 5.93. The lowest BCUT2D eigenvalue weighted by molar-refractivity contribution is 0.641. The second-order valence-corrected chi connectivity index (χ2v) is 16.2. The molecule has 9 aromatic rings. The zero-order valence-corrected chi connectivity index (χ0v) is 33.4. The highest BCUT2D eigenvalue weighted by Gasteiger charge is 2.29. The van der Waals surface area contributed by atoms with E-state index in [9.17, 15) is 0 Å². The lowest BCUT2D eigenvalue weighted by Crippen LogP contribution is -2.19. The second-order valence-electron chi connectivity index (χ2n) is 16.2. The van der Waals surface area contributed by atoms with Crippen LogP contribution in [0.1, 0.15) is 86.8 Å². The van der Waals surface area contributed by atoms with E-state index < -0.39 is 0 Å². The van der Waals surface area contributed by atoms with E-state index in [2.05, 4.69) is 178 Å². The number of fused-ring (bicyclic) bond motifs is 5. The Labute approximate surface area is 328 Å². The minimum atomic E-state index is -0.368. The van der Waals surface area contributed by atoms with Crippen LogP contribution in [0, 0.1) is 13.8 Å². The first kappa shape index (κ1) is 35.4. The minimum Gasteiger partial charge on any atom is -0.276 e. The van der Waals surface area contributed by atoms with Gasteiger partial charge in [-0.2, -0.15) is 0 Å². The topological polar surface area (TPSA) is 65.8 Å². The molecule has 0 aliphatic heterocycles. The van der Waals surface area contributed by atoms with Crippen molar-refractivity contribution in [3.8, 4) is 34.3 Å². The molecule has 0 aliphatic rings. The molecule has 0 amide bonds. The highest BCUT2D eigenvalue weighted by Crippen LogP contribution is 2.41. The normalized spacial score (nSPS) is 12.2. The number of para-hydroxylation sites is 2. The van der Waals surface area contributed by atoms with Gasteiger partial charge in [0.15, 0.2) is 11.6 Å². The summed E-state index contributed by atoms with van der Waals surface area (Å²) in [7, 11) is 0. The van der Waals surface area contributed by atoms with Crippen LogP contribution in [0.25, 0.3) is 62.1 Å². The van der Waals surface area contributed by atoms with E-state index in [-0.39, 0.29) is 5.41 Å². The Hall–Kier alpha value is -6.34. The van der Waals surface area contributed by atoms with Crippen LogP contribution >= 0.6 is 0 Å². The van der Waals surface area contributed by atoms with Crippen molar-refractivity contribution in [2.75, 3.05) is 0 Å². The van der Waals surface area contributed by atoms with Crippen molar-refractivity contribution >= 4 is 27.8 Å². The standard InChI is InChI=1S/C49H47N7/c1-30(2)37-21-15-22-38(31(3)4)45(37)56-46(52-53-47(56)39-20-10-9-16-32(39)5)34-18-14-19-35(28-34)49(7,8)36-25-26-40-42(29-36)55(43-24-11-12-27-50-43)48-51-44-33(6)17-13-23-41(44)54(40)48/h9-31H,1-8H3. The third kappa shape index (κ3) is 5.56. The van der Waals surface area contributed by atoms with Crippen LogP contribution in [0.5, 0.6) is 0 Å². The van der Waals surface area contributed by atoms with E-state index >= 15 is 0 Å². The summed E-state index contributed by atoms with van der Waals surface area (Å²) in [5, 5.41) is 9.97. The Morgan fingerprint density at radius 2 is 1.25 bits per heavy atom. The third-order valence-electron chi connectivity index (χ3n) is 11.6. The van der Waals surface area contributed by atoms with E-state index in [1.165, 1.54) is 27.9 Å². The van der Waals surface area contributed by atoms with Crippen molar-refractivity contribution in [3.05, 3.63) is 161 Å². The fourth-order valence-electron chi connectivity index (χ4n) is 8.38. The number of hydrogen-bond donors (Lipinski definition) is 0. The molecule has 0 N–H and O–H groups in total. The van der Waals surface area contributed by atoms with Gasteiger partial charge in [0.05, 0.1) is 27.8 Å². The van der Waals surface area contributed by atoms with Crippen molar-refractivity contribution in [3.63, 3.8) is 0 Å². The zero-order valence-electron chi connectivity index (χ0n) is 33.4. The highest BCUT2D eigenvalue weighted by atomic mass is 15.3. The predicted molar refractivity (Wildman–Crippen MR) is 229 cm³/mol.